The number of ether oxygens (including phenoxy) is 1. The molecule has 0 aromatic heterocycles. The van der Waals surface area contributed by atoms with E-state index in [1.165, 1.54) is 25.7 Å². The Kier molecular flexibility index (Phi) is 8.55. The Morgan fingerprint density at radius 3 is 2.14 bits per heavy atom. The number of fused-ring (bicyclic) bond motifs is 7. The van der Waals surface area contributed by atoms with Crippen molar-refractivity contribution in [3.05, 3.63) is 0 Å². The maximum Gasteiger partial charge on any atom is 0.306 e. The molecule has 0 heterocycles. The van der Waals surface area contributed by atoms with Gasteiger partial charge in [0.1, 0.15) is 11.9 Å². The SMILES string of the molecule is CCCC(=O)O[C@@H]1CC[C@@]2(C)C(CC[C@]3(C)C2CCC2C4C(C(C)C)CC[C@]4(C(=O)C[C@@H](C)C(=O)O)CC[C@]23C)C1(C)C. The number of hydrogen-bond donors (Lipinski definition) is 1. The van der Waals surface area contributed by atoms with Crippen molar-refractivity contribution in [2.75, 3.05) is 0 Å². The summed E-state index contributed by atoms with van der Waals surface area (Å²) < 4.78 is 6.16. The van der Waals surface area contributed by atoms with Crippen LogP contribution in [0.15, 0.2) is 0 Å². The molecule has 0 radical (unpaired) electrons. The molecule has 0 aromatic carbocycles. The maximum absolute atomic E-state index is 14.2. The summed E-state index contributed by atoms with van der Waals surface area (Å²) in [4.78, 5) is 38.5. The number of aliphatic carboxylic acids is 1. The van der Waals surface area contributed by atoms with Crippen molar-refractivity contribution in [1.82, 2.24) is 0 Å². The van der Waals surface area contributed by atoms with Crippen LogP contribution in [-0.2, 0) is 19.1 Å². The fourth-order valence-electron chi connectivity index (χ4n) is 13.0. The number of ketones is 1. The summed E-state index contributed by atoms with van der Waals surface area (Å²) >= 11 is 0. The topological polar surface area (TPSA) is 80.7 Å². The fourth-order valence-corrected chi connectivity index (χ4v) is 13.0. The molecule has 5 rings (SSSR count). The van der Waals surface area contributed by atoms with Gasteiger partial charge in [-0.1, -0.05) is 62.3 Å². The van der Waals surface area contributed by atoms with E-state index in [1.807, 2.05) is 6.92 Å². The smallest absolute Gasteiger partial charge is 0.306 e. The van der Waals surface area contributed by atoms with Crippen molar-refractivity contribution < 1.29 is 24.2 Å². The lowest BCUT2D eigenvalue weighted by Crippen LogP contribution is -2.67. The number of carboxylic acids is 1. The molecule has 0 aromatic rings. The van der Waals surface area contributed by atoms with Crippen LogP contribution in [0.2, 0.25) is 0 Å². The molecular formula is C38H62O5. The van der Waals surface area contributed by atoms with Gasteiger partial charge in [0.25, 0.3) is 0 Å². The van der Waals surface area contributed by atoms with E-state index in [9.17, 15) is 19.5 Å². The van der Waals surface area contributed by atoms with Gasteiger partial charge in [-0.3, -0.25) is 14.4 Å². The lowest BCUT2D eigenvalue weighted by molar-refractivity contribution is -0.250. The Hall–Kier alpha value is -1.39. The second kappa shape index (κ2) is 11.1. The second-order valence-electron chi connectivity index (χ2n) is 17.8. The molecular weight excluding hydrogens is 536 g/mol. The maximum atomic E-state index is 14.2. The van der Waals surface area contributed by atoms with Gasteiger partial charge in [-0.2, -0.15) is 0 Å². The van der Waals surface area contributed by atoms with Gasteiger partial charge >= 0.3 is 11.9 Å². The number of esters is 1. The first-order valence-electron chi connectivity index (χ1n) is 17.9. The average molecular weight is 599 g/mol. The first-order chi connectivity index (χ1) is 20.0. The summed E-state index contributed by atoms with van der Waals surface area (Å²) in [6.45, 7) is 21.0. The van der Waals surface area contributed by atoms with Gasteiger partial charge in [0, 0.05) is 23.7 Å². The first-order valence-corrected chi connectivity index (χ1v) is 17.9. The lowest BCUT2D eigenvalue weighted by Gasteiger charge is -2.73. The molecule has 5 saturated carbocycles. The van der Waals surface area contributed by atoms with Crippen molar-refractivity contribution in [2.24, 2.45) is 68.5 Å². The Balaban J connectivity index is 1.47. The number of carbonyl (C=O) groups is 3. The van der Waals surface area contributed by atoms with Gasteiger partial charge in [0.05, 0.1) is 5.92 Å². The minimum Gasteiger partial charge on any atom is -0.481 e. The van der Waals surface area contributed by atoms with Crippen LogP contribution >= 0.6 is 0 Å². The highest BCUT2D eigenvalue weighted by atomic mass is 16.5. The summed E-state index contributed by atoms with van der Waals surface area (Å²) in [5.74, 6) is 1.86. The van der Waals surface area contributed by atoms with E-state index >= 15 is 0 Å². The summed E-state index contributed by atoms with van der Waals surface area (Å²) in [7, 11) is 0. The zero-order valence-electron chi connectivity index (χ0n) is 28.9. The second-order valence-corrected chi connectivity index (χ2v) is 17.8. The zero-order chi connectivity index (χ0) is 31.8. The van der Waals surface area contributed by atoms with Crippen LogP contribution in [0.5, 0.6) is 0 Å². The third-order valence-electron chi connectivity index (χ3n) is 15.5. The number of carbonyl (C=O) groups excluding carboxylic acids is 2. The molecule has 244 valence electrons. The summed E-state index contributed by atoms with van der Waals surface area (Å²) in [6, 6.07) is 0. The van der Waals surface area contributed by atoms with E-state index in [-0.39, 0.29) is 51.4 Å². The molecule has 5 nitrogen and oxygen atoms in total. The van der Waals surface area contributed by atoms with E-state index in [2.05, 4.69) is 48.5 Å². The molecule has 5 aliphatic carbocycles. The first kappa shape index (κ1) is 33.0. The molecule has 5 unspecified atom stereocenters. The van der Waals surface area contributed by atoms with Crippen molar-refractivity contribution in [3.63, 3.8) is 0 Å². The molecule has 0 saturated heterocycles. The van der Waals surface area contributed by atoms with E-state index in [0.717, 1.165) is 44.9 Å². The lowest BCUT2D eigenvalue weighted by atomic mass is 9.32. The molecule has 1 N–H and O–H groups in total. The largest absolute Gasteiger partial charge is 0.481 e. The van der Waals surface area contributed by atoms with Gasteiger partial charge in [0.2, 0.25) is 0 Å². The van der Waals surface area contributed by atoms with Gasteiger partial charge in [0.15, 0.2) is 0 Å². The van der Waals surface area contributed by atoms with Crippen molar-refractivity contribution in [3.8, 4) is 0 Å². The third-order valence-corrected chi connectivity index (χ3v) is 15.5. The highest BCUT2D eigenvalue weighted by Crippen LogP contribution is 2.77. The van der Waals surface area contributed by atoms with Crippen LogP contribution in [0.25, 0.3) is 0 Å². The van der Waals surface area contributed by atoms with E-state index in [4.69, 9.17) is 4.74 Å². The predicted molar refractivity (Wildman–Crippen MR) is 170 cm³/mol. The van der Waals surface area contributed by atoms with Gasteiger partial charge in [-0.25, -0.2) is 0 Å². The minimum absolute atomic E-state index is 0.000647. The summed E-state index contributed by atoms with van der Waals surface area (Å²) in [5, 5.41) is 9.66. The van der Waals surface area contributed by atoms with Gasteiger partial charge in [-0.05, 0) is 122 Å². The Bertz CT molecular complexity index is 1110. The van der Waals surface area contributed by atoms with Crippen LogP contribution < -0.4 is 0 Å². The van der Waals surface area contributed by atoms with Gasteiger partial charge in [-0.15, -0.1) is 0 Å². The number of rotatable bonds is 8. The van der Waals surface area contributed by atoms with Crippen LogP contribution in [0.1, 0.15) is 146 Å². The number of Topliss-reactive ketones (excluding diaryl/α,β-unsaturated/α-hetero) is 1. The molecule has 5 fully saturated rings. The monoisotopic (exact) mass is 598 g/mol. The van der Waals surface area contributed by atoms with E-state index < -0.39 is 11.9 Å². The molecule has 11 atom stereocenters. The van der Waals surface area contributed by atoms with Crippen LogP contribution in [0, 0.1) is 68.5 Å². The number of hydrogen-bond acceptors (Lipinski definition) is 4. The normalized spacial score (nSPS) is 45.7. The Labute approximate surface area is 262 Å². The van der Waals surface area contributed by atoms with Crippen LogP contribution in [-0.4, -0.2) is 28.9 Å². The quantitative estimate of drug-likeness (QED) is 0.282. The predicted octanol–water partition coefficient (Wildman–Crippen LogP) is 9.12. The highest BCUT2D eigenvalue weighted by molar-refractivity contribution is 5.89. The average Bonchev–Trinajstić information content (AvgIpc) is 3.32. The van der Waals surface area contributed by atoms with E-state index in [1.54, 1.807) is 6.92 Å². The van der Waals surface area contributed by atoms with Crippen molar-refractivity contribution in [1.29, 1.82) is 0 Å². The highest BCUT2D eigenvalue weighted by Gasteiger charge is 2.72. The minimum atomic E-state index is -0.851. The molecule has 5 aliphatic rings. The summed E-state index contributed by atoms with van der Waals surface area (Å²) in [6.07, 6.45) is 12.5. The molecule has 43 heavy (non-hydrogen) atoms. The summed E-state index contributed by atoms with van der Waals surface area (Å²) in [5.41, 5.74) is 0.209. The van der Waals surface area contributed by atoms with Crippen LogP contribution in [0.4, 0.5) is 0 Å². The Morgan fingerprint density at radius 2 is 1.51 bits per heavy atom. The zero-order valence-corrected chi connectivity index (χ0v) is 28.9. The van der Waals surface area contributed by atoms with Crippen molar-refractivity contribution >= 4 is 17.7 Å². The Morgan fingerprint density at radius 1 is 0.814 bits per heavy atom. The van der Waals surface area contributed by atoms with Gasteiger partial charge < -0.3 is 9.84 Å². The molecule has 0 aliphatic heterocycles. The van der Waals surface area contributed by atoms with Crippen LogP contribution in [0.3, 0.4) is 0 Å². The van der Waals surface area contributed by atoms with E-state index in [0.29, 0.717) is 41.9 Å². The van der Waals surface area contributed by atoms with Crippen molar-refractivity contribution in [2.45, 2.75) is 152 Å². The third kappa shape index (κ3) is 4.77. The molecule has 5 heteroatoms. The molecule has 0 amide bonds. The standard InChI is InChI=1S/C38H62O5/c1-10-11-31(40)43-30-16-17-35(7)27(34(30,5)6)15-18-37(9)28(35)13-12-26-32-25(23(2)3)14-19-38(32,21-20-36(26,37)8)29(39)22-24(4)33(41)42/h23-28,30,32H,10-22H2,1-9H3,(H,41,42)/t24-,25?,26?,27?,28?,30-,32?,35+,36-,37-,38-/m1/s1. The molecule has 0 bridgehead atoms. The number of carboxylic acid groups (broad SMARTS) is 1. The molecule has 0 spiro atoms. The fraction of sp³-hybridized carbons (Fsp3) is 0.921.